The summed E-state index contributed by atoms with van der Waals surface area (Å²) in [6.45, 7) is 7.51. The van der Waals surface area contributed by atoms with Crippen LogP contribution in [0.25, 0.3) is 11.0 Å². The van der Waals surface area contributed by atoms with Crippen molar-refractivity contribution < 1.29 is 18.6 Å². The van der Waals surface area contributed by atoms with Gasteiger partial charge in [-0.1, -0.05) is 18.2 Å². The van der Waals surface area contributed by atoms with Crippen LogP contribution < -0.4 is 14.8 Å². The van der Waals surface area contributed by atoms with Gasteiger partial charge in [-0.3, -0.25) is 4.90 Å². The van der Waals surface area contributed by atoms with Gasteiger partial charge in [-0.25, -0.2) is 0 Å². The standard InChI is InChI=1S/C26H33N3O4S/c1-19(24-17-20-7-4-5-8-22(20)33-24)29(12-6-11-28-13-15-32-16-14-28)26(34)27-21-9-10-23(30-2)25(18-21)31-3/h4-5,7-10,17-19H,6,11-16H2,1-3H3,(H,27,34). The van der Waals surface area contributed by atoms with Crippen LogP contribution in [-0.2, 0) is 4.74 Å². The molecule has 0 saturated carbocycles. The van der Waals surface area contributed by atoms with Gasteiger partial charge in [0.1, 0.15) is 11.3 Å². The van der Waals surface area contributed by atoms with Crippen molar-refractivity contribution in [3.8, 4) is 11.5 Å². The second-order valence-electron chi connectivity index (χ2n) is 8.36. The Labute approximate surface area is 206 Å². The number of hydrogen-bond acceptors (Lipinski definition) is 6. The lowest BCUT2D eigenvalue weighted by Crippen LogP contribution is -2.41. The first kappa shape index (κ1) is 24.3. The van der Waals surface area contributed by atoms with E-state index in [2.05, 4.69) is 34.2 Å². The fraction of sp³-hybridized carbons (Fsp3) is 0.423. The third kappa shape index (κ3) is 5.81. The Morgan fingerprint density at radius 1 is 1.09 bits per heavy atom. The van der Waals surface area contributed by atoms with Crippen molar-refractivity contribution in [1.29, 1.82) is 0 Å². The Balaban J connectivity index is 1.51. The Bertz CT molecular complexity index is 1060. The number of para-hydroxylation sites is 1. The summed E-state index contributed by atoms with van der Waals surface area (Å²) >= 11 is 5.89. The average molecular weight is 484 g/mol. The fourth-order valence-electron chi connectivity index (χ4n) is 4.23. The Morgan fingerprint density at radius 2 is 1.85 bits per heavy atom. The first-order valence-electron chi connectivity index (χ1n) is 11.7. The van der Waals surface area contributed by atoms with Gasteiger partial charge in [-0.2, -0.15) is 0 Å². The van der Waals surface area contributed by atoms with Crippen molar-refractivity contribution >= 4 is 34.0 Å². The van der Waals surface area contributed by atoms with Gasteiger partial charge < -0.3 is 28.8 Å². The molecule has 1 aromatic heterocycles. The average Bonchev–Trinajstić information content (AvgIpc) is 3.31. The van der Waals surface area contributed by atoms with Gasteiger partial charge in [0.15, 0.2) is 16.6 Å². The van der Waals surface area contributed by atoms with Crippen LogP contribution >= 0.6 is 12.2 Å². The molecule has 1 N–H and O–H groups in total. The van der Waals surface area contributed by atoms with Gasteiger partial charge in [-0.15, -0.1) is 0 Å². The summed E-state index contributed by atoms with van der Waals surface area (Å²) in [4.78, 5) is 4.64. The van der Waals surface area contributed by atoms with E-state index in [-0.39, 0.29) is 6.04 Å². The van der Waals surface area contributed by atoms with Crippen LogP contribution in [0.3, 0.4) is 0 Å². The number of benzene rings is 2. The van der Waals surface area contributed by atoms with Gasteiger partial charge in [0.2, 0.25) is 0 Å². The molecule has 0 aliphatic carbocycles. The van der Waals surface area contributed by atoms with Crippen LogP contribution in [-0.4, -0.2) is 68.5 Å². The lowest BCUT2D eigenvalue weighted by atomic mass is 10.2. The maximum absolute atomic E-state index is 6.18. The number of nitrogens with zero attached hydrogens (tertiary/aromatic N) is 2. The van der Waals surface area contributed by atoms with Gasteiger partial charge in [-0.05, 0) is 49.8 Å². The molecule has 3 aromatic rings. The SMILES string of the molecule is COc1ccc(NC(=S)N(CCCN2CCOCC2)C(C)c2cc3ccccc3o2)cc1OC. The summed E-state index contributed by atoms with van der Waals surface area (Å²) in [7, 11) is 3.25. The molecule has 1 unspecified atom stereocenters. The predicted molar refractivity (Wildman–Crippen MR) is 139 cm³/mol. The quantitative estimate of drug-likeness (QED) is 0.430. The molecule has 182 valence electrons. The first-order chi connectivity index (χ1) is 16.6. The number of nitrogens with one attached hydrogen (secondary N) is 1. The van der Waals surface area contributed by atoms with Crippen molar-refractivity contribution in [3.05, 3.63) is 54.3 Å². The summed E-state index contributed by atoms with van der Waals surface area (Å²) in [5.41, 5.74) is 1.73. The number of rotatable bonds is 9. The number of methoxy groups -OCH3 is 2. The zero-order valence-electron chi connectivity index (χ0n) is 20.1. The molecule has 0 amide bonds. The van der Waals surface area contributed by atoms with E-state index in [1.807, 2.05) is 36.4 Å². The zero-order chi connectivity index (χ0) is 23.9. The topological polar surface area (TPSA) is 59.3 Å². The van der Waals surface area contributed by atoms with Crippen molar-refractivity contribution in [3.63, 3.8) is 0 Å². The normalized spacial score (nSPS) is 15.1. The van der Waals surface area contributed by atoms with Crippen LogP contribution in [0, 0.1) is 0 Å². The Morgan fingerprint density at radius 3 is 2.59 bits per heavy atom. The number of thiocarbonyl (C=S) groups is 1. The lowest BCUT2D eigenvalue weighted by Gasteiger charge is -2.32. The summed E-state index contributed by atoms with van der Waals surface area (Å²) < 4.78 is 22.5. The Kier molecular flexibility index (Phi) is 8.26. The highest BCUT2D eigenvalue weighted by Crippen LogP contribution is 2.31. The maximum Gasteiger partial charge on any atom is 0.174 e. The smallest absolute Gasteiger partial charge is 0.174 e. The third-order valence-corrected chi connectivity index (χ3v) is 6.53. The Hall–Kier alpha value is -2.81. The molecule has 1 aliphatic heterocycles. The highest BCUT2D eigenvalue weighted by Gasteiger charge is 2.23. The molecule has 1 atom stereocenters. The van der Waals surface area contributed by atoms with E-state index in [0.717, 1.165) is 68.2 Å². The maximum atomic E-state index is 6.18. The van der Waals surface area contributed by atoms with E-state index in [4.69, 9.17) is 30.8 Å². The third-order valence-electron chi connectivity index (χ3n) is 6.20. The van der Waals surface area contributed by atoms with E-state index >= 15 is 0 Å². The molecule has 0 spiro atoms. The molecule has 4 rings (SSSR count). The van der Waals surface area contributed by atoms with Crippen LogP contribution in [0.15, 0.2) is 52.9 Å². The monoisotopic (exact) mass is 483 g/mol. The van der Waals surface area contributed by atoms with Crippen molar-refractivity contribution in [1.82, 2.24) is 9.80 Å². The van der Waals surface area contributed by atoms with Crippen molar-refractivity contribution in [2.45, 2.75) is 19.4 Å². The first-order valence-corrected chi connectivity index (χ1v) is 12.1. The molecule has 1 fully saturated rings. The van der Waals surface area contributed by atoms with E-state index in [1.165, 1.54) is 0 Å². The van der Waals surface area contributed by atoms with Gasteiger partial charge >= 0.3 is 0 Å². The summed E-state index contributed by atoms with van der Waals surface area (Å²) in [5.74, 6) is 2.22. The lowest BCUT2D eigenvalue weighted by molar-refractivity contribution is 0.0365. The number of fused-ring (bicyclic) bond motifs is 1. The minimum absolute atomic E-state index is 0.0303. The largest absolute Gasteiger partial charge is 0.493 e. The molecule has 0 bridgehead atoms. The van der Waals surface area contributed by atoms with Crippen LogP contribution in [0.5, 0.6) is 11.5 Å². The number of furan rings is 1. The fourth-order valence-corrected chi connectivity index (χ4v) is 4.60. The molecule has 8 heteroatoms. The van der Waals surface area contributed by atoms with Gasteiger partial charge in [0.05, 0.1) is 33.5 Å². The summed E-state index contributed by atoms with van der Waals surface area (Å²) in [6, 6.07) is 15.8. The second-order valence-corrected chi connectivity index (χ2v) is 8.75. The number of ether oxygens (including phenoxy) is 3. The number of morpholine rings is 1. The molecule has 1 saturated heterocycles. The number of hydrogen-bond donors (Lipinski definition) is 1. The molecule has 34 heavy (non-hydrogen) atoms. The van der Waals surface area contributed by atoms with Crippen LogP contribution in [0.4, 0.5) is 5.69 Å². The van der Waals surface area contributed by atoms with Crippen LogP contribution in [0.2, 0.25) is 0 Å². The number of anilines is 1. The van der Waals surface area contributed by atoms with E-state index < -0.39 is 0 Å². The van der Waals surface area contributed by atoms with Crippen molar-refractivity contribution in [2.24, 2.45) is 0 Å². The molecule has 2 aromatic carbocycles. The van der Waals surface area contributed by atoms with Crippen molar-refractivity contribution in [2.75, 3.05) is 58.9 Å². The highest BCUT2D eigenvalue weighted by molar-refractivity contribution is 7.80. The second kappa shape index (κ2) is 11.6. The molecular formula is C26H33N3O4S. The minimum atomic E-state index is -0.0303. The van der Waals surface area contributed by atoms with Gasteiger partial charge in [0, 0.05) is 43.3 Å². The van der Waals surface area contributed by atoms with E-state index in [9.17, 15) is 0 Å². The zero-order valence-corrected chi connectivity index (χ0v) is 20.9. The summed E-state index contributed by atoms with van der Waals surface area (Å²) in [6.07, 6.45) is 0.984. The summed E-state index contributed by atoms with van der Waals surface area (Å²) in [5, 5.41) is 5.12. The van der Waals surface area contributed by atoms with Gasteiger partial charge in [0.25, 0.3) is 0 Å². The van der Waals surface area contributed by atoms with E-state index in [1.54, 1.807) is 14.2 Å². The molecule has 1 aliphatic rings. The molecule has 0 radical (unpaired) electrons. The predicted octanol–water partition coefficient (Wildman–Crippen LogP) is 4.93. The highest BCUT2D eigenvalue weighted by atomic mass is 32.1. The molecule has 2 heterocycles. The molecule has 7 nitrogen and oxygen atoms in total. The van der Waals surface area contributed by atoms with E-state index in [0.29, 0.717) is 16.6 Å². The minimum Gasteiger partial charge on any atom is -0.493 e. The molecular weight excluding hydrogens is 450 g/mol. The van der Waals surface area contributed by atoms with Crippen LogP contribution in [0.1, 0.15) is 25.1 Å².